The molecular weight excluding hydrogens is 231 g/mol. The summed E-state index contributed by atoms with van der Waals surface area (Å²) in [7, 11) is 0. The third-order valence-electron chi connectivity index (χ3n) is 2.82. The van der Waals surface area contributed by atoms with Crippen molar-refractivity contribution >= 4 is 5.82 Å². The molecule has 0 aliphatic carbocycles. The van der Waals surface area contributed by atoms with E-state index in [0.29, 0.717) is 18.1 Å². The monoisotopic (exact) mass is 246 g/mol. The van der Waals surface area contributed by atoms with Crippen LogP contribution in [0.15, 0.2) is 24.3 Å². The largest absolute Gasteiger partial charge is 0.308 e. The third-order valence-corrected chi connectivity index (χ3v) is 2.82. The minimum Gasteiger partial charge on any atom is -0.308 e. The maximum absolute atomic E-state index is 13.1. The second kappa shape index (κ2) is 5.10. The van der Waals surface area contributed by atoms with E-state index in [1.807, 2.05) is 19.9 Å². The van der Waals surface area contributed by atoms with Crippen molar-refractivity contribution < 1.29 is 4.39 Å². The Morgan fingerprint density at radius 1 is 1.28 bits per heavy atom. The van der Waals surface area contributed by atoms with Crippen molar-refractivity contribution in [2.45, 2.75) is 20.3 Å². The van der Waals surface area contributed by atoms with Crippen molar-refractivity contribution in [3.8, 4) is 0 Å². The summed E-state index contributed by atoms with van der Waals surface area (Å²) in [4.78, 5) is 8.68. The van der Waals surface area contributed by atoms with Crippen LogP contribution in [0.4, 0.5) is 10.2 Å². The molecule has 5 heteroatoms. The lowest BCUT2D eigenvalue weighted by atomic mass is 10.1. The van der Waals surface area contributed by atoms with Gasteiger partial charge in [0.2, 0.25) is 0 Å². The van der Waals surface area contributed by atoms with Crippen LogP contribution < -0.4 is 11.3 Å². The molecule has 0 spiro atoms. The van der Waals surface area contributed by atoms with Gasteiger partial charge in [0.15, 0.2) is 0 Å². The molecule has 2 rings (SSSR count). The van der Waals surface area contributed by atoms with E-state index in [0.717, 1.165) is 16.8 Å². The number of hydrogen-bond acceptors (Lipinski definition) is 4. The molecule has 0 unspecified atom stereocenters. The van der Waals surface area contributed by atoms with Gasteiger partial charge >= 0.3 is 0 Å². The number of hydrazine groups is 1. The van der Waals surface area contributed by atoms with Gasteiger partial charge in [-0.2, -0.15) is 0 Å². The highest BCUT2D eigenvalue weighted by Crippen LogP contribution is 2.15. The molecule has 1 heterocycles. The van der Waals surface area contributed by atoms with Gasteiger partial charge in [0, 0.05) is 17.7 Å². The third kappa shape index (κ3) is 2.62. The van der Waals surface area contributed by atoms with Crippen molar-refractivity contribution in [2.24, 2.45) is 5.84 Å². The Morgan fingerprint density at radius 2 is 2.06 bits per heavy atom. The Hall–Kier alpha value is -2.01. The van der Waals surface area contributed by atoms with Crippen LogP contribution in [-0.4, -0.2) is 9.97 Å². The minimum atomic E-state index is -0.256. The van der Waals surface area contributed by atoms with Gasteiger partial charge in [0.25, 0.3) is 0 Å². The van der Waals surface area contributed by atoms with Gasteiger partial charge in [0.05, 0.1) is 0 Å². The van der Waals surface area contributed by atoms with Crippen molar-refractivity contribution in [3.05, 3.63) is 52.7 Å². The predicted molar refractivity (Wildman–Crippen MR) is 68.5 cm³/mol. The fourth-order valence-electron chi connectivity index (χ4n) is 1.74. The lowest BCUT2D eigenvalue weighted by Gasteiger charge is -2.09. The summed E-state index contributed by atoms with van der Waals surface area (Å²) in [5.41, 5.74) is 5.17. The Bertz CT molecular complexity index is 569. The maximum Gasteiger partial charge on any atom is 0.146 e. The van der Waals surface area contributed by atoms with E-state index in [4.69, 9.17) is 5.84 Å². The highest BCUT2D eigenvalue weighted by Gasteiger charge is 2.08. The Balaban J connectivity index is 2.32. The average molecular weight is 246 g/mol. The normalized spacial score (nSPS) is 10.4. The smallest absolute Gasteiger partial charge is 0.146 e. The van der Waals surface area contributed by atoms with Crippen LogP contribution in [0.1, 0.15) is 22.6 Å². The second-order valence-corrected chi connectivity index (χ2v) is 4.15. The lowest BCUT2D eigenvalue weighted by Crippen LogP contribution is -2.13. The zero-order valence-corrected chi connectivity index (χ0v) is 10.4. The molecule has 2 aromatic rings. The van der Waals surface area contributed by atoms with Gasteiger partial charge < -0.3 is 5.43 Å². The number of aromatic nitrogens is 2. The fourth-order valence-corrected chi connectivity index (χ4v) is 1.74. The number of nitrogens with one attached hydrogen (secondary N) is 1. The number of benzene rings is 1. The standard InChI is InChI=1S/C13H15FN4/c1-8-9(2)16-12(17-13(8)18-15)7-10-4-3-5-11(14)6-10/h3-6H,7,15H2,1-2H3,(H,16,17,18). The Morgan fingerprint density at radius 3 is 2.72 bits per heavy atom. The van der Waals surface area contributed by atoms with Crippen LogP contribution in [0.2, 0.25) is 0 Å². The number of nitrogens with two attached hydrogens (primary N) is 1. The first-order valence-electron chi connectivity index (χ1n) is 5.65. The molecule has 1 aromatic carbocycles. The van der Waals surface area contributed by atoms with Gasteiger partial charge in [-0.05, 0) is 31.5 Å². The summed E-state index contributed by atoms with van der Waals surface area (Å²) in [6.07, 6.45) is 0.480. The van der Waals surface area contributed by atoms with Gasteiger partial charge in [0.1, 0.15) is 17.5 Å². The van der Waals surface area contributed by atoms with Crippen molar-refractivity contribution in [2.75, 3.05) is 5.43 Å². The van der Waals surface area contributed by atoms with E-state index in [1.165, 1.54) is 12.1 Å². The summed E-state index contributed by atoms with van der Waals surface area (Å²) in [5.74, 6) is 6.38. The summed E-state index contributed by atoms with van der Waals surface area (Å²) in [6, 6.07) is 6.41. The molecule has 0 saturated carbocycles. The maximum atomic E-state index is 13.1. The van der Waals surface area contributed by atoms with Crippen LogP contribution in [0.3, 0.4) is 0 Å². The van der Waals surface area contributed by atoms with E-state index < -0.39 is 0 Å². The molecule has 4 nitrogen and oxygen atoms in total. The molecule has 0 fully saturated rings. The van der Waals surface area contributed by atoms with Crippen molar-refractivity contribution in [1.29, 1.82) is 0 Å². The number of hydrogen-bond donors (Lipinski definition) is 2. The average Bonchev–Trinajstić information content (AvgIpc) is 2.33. The molecule has 0 radical (unpaired) electrons. The van der Waals surface area contributed by atoms with Crippen molar-refractivity contribution in [1.82, 2.24) is 9.97 Å². The number of nitrogen functional groups attached to an aromatic ring is 1. The van der Waals surface area contributed by atoms with E-state index in [9.17, 15) is 4.39 Å². The Kier molecular flexibility index (Phi) is 3.53. The molecule has 18 heavy (non-hydrogen) atoms. The predicted octanol–water partition coefficient (Wildman–Crippen LogP) is 2.11. The summed E-state index contributed by atoms with van der Waals surface area (Å²) < 4.78 is 13.1. The molecule has 0 amide bonds. The lowest BCUT2D eigenvalue weighted by molar-refractivity contribution is 0.625. The molecule has 0 bridgehead atoms. The van der Waals surface area contributed by atoms with E-state index in [2.05, 4.69) is 15.4 Å². The van der Waals surface area contributed by atoms with Gasteiger partial charge in [-0.3, -0.25) is 0 Å². The topological polar surface area (TPSA) is 63.8 Å². The number of rotatable bonds is 3. The molecule has 94 valence electrons. The molecule has 0 atom stereocenters. The molecule has 1 aromatic heterocycles. The van der Waals surface area contributed by atoms with E-state index in [1.54, 1.807) is 6.07 Å². The first-order valence-corrected chi connectivity index (χ1v) is 5.65. The highest BCUT2D eigenvalue weighted by molar-refractivity contribution is 5.44. The van der Waals surface area contributed by atoms with Crippen LogP contribution in [0, 0.1) is 19.7 Å². The number of halogens is 1. The van der Waals surface area contributed by atoms with Gasteiger partial charge in [-0.1, -0.05) is 12.1 Å². The first-order chi connectivity index (χ1) is 8.60. The van der Waals surface area contributed by atoms with Crippen LogP contribution in [-0.2, 0) is 6.42 Å². The van der Waals surface area contributed by atoms with Crippen LogP contribution in [0.5, 0.6) is 0 Å². The summed E-state index contributed by atoms with van der Waals surface area (Å²) in [5, 5.41) is 0. The van der Waals surface area contributed by atoms with E-state index >= 15 is 0 Å². The molecule has 0 aliphatic rings. The number of aryl methyl sites for hydroxylation is 1. The summed E-state index contributed by atoms with van der Waals surface area (Å²) in [6.45, 7) is 3.80. The highest BCUT2D eigenvalue weighted by atomic mass is 19.1. The molecule has 0 saturated heterocycles. The zero-order chi connectivity index (χ0) is 13.1. The number of nitrogens with zero attached hydrogens (tertiary/aromatic N) is 2. The van der Waals surface area contributed by atoms with Crippen LogP contribution in [0.25, 0.3) is 0 Å². The summed E-state index contributed by atoms with van der Waals surface area (Å²) >= 11 is 0. The fraction of sp³-hybridized carbons (Fsp3) is 0.231. The van der Waals surface area contributed by atoms with Crippen molar-refractivity contribution in [3.63, 3.8) is 0 Å². The second-order valence-electron chi connectivity index (χ2n) is 4.15. The first kappa shape index (κ1) is 12.4. The van der Waals surface area contributed by atoms with Gasteiger partial charge in [-0.15, -0.1) is 0 Å². The molecule has 3 N–H and O–H groups in total. The Labute approximate surface area is 105 Å². The molecular formula is C13H15FN4. The quantitative estimate of drug-likeness (QED) is 0.643. The SMILES string of the molecule is Cc1nc(Cc2cccc(F)c2)nc(NN)c1C. The van der Waals surface area contributed by atoms with E-state index in [-0.39, 0.29) is 5.82 Å². The minimum absolute atomic E-state index is 0.256. The van der Waals surface area contributed by atoms with Gasteiger partial charge in [-0.25, -0.2) is 20.2 Å². The zero-order valence-electron chi connectivity index (χ0n) is 10.4. The molecule has 0 aliphatic heterocycles. The number of anilines is 1. The van der Waals surface area contributed by atoms with Crippen LogP contribution >= 0.6 is 0 Å².